The first-order chi connectivity index (χ1) is 11.5. The third-order valence-electron chi connectivity index (χ3n) is 2.95. The van der Waals surface area contributed by atoms with Gasteiger partial charge in [0.1, 0.15) is 17.9 Å². The summed E-state index contributed by atoms with van der Waals surface area (Å²) in [6.45, 7) is 4.05. The van der Waals surface area contributed by atoms with Crippen LogP contribution in [0.4, 0.5) is 10.5 Å². The lowest BCUT2D eigenvalue weighted by Crippen LogP contribution is -2.17. The molecule has 0 atom stereocenters. The maximum absolute atomic E-state index is 11.5. The molecule has 8 nitrogen and oxygen atoms in total. The summed E-state index contributed by atoms with van der Waals surface area (Å²) in [6.07, 6.45) is 1.38. The molecule has 0 unspecified atom stereocenters. The summed E-state index contributed by atoms with van der Waals surface area (Å²) in [7, 11) is 0. The molecule has 8 heteroatoms. The molecule has 3 N–H and O–H groups in total. The van der Waals surface area contributed by atoms with Crippen LogP contribution in [0, 0.1) is 0 Å². The van der Waals surface area contributed by atoms with Crippen molar-refractivity contribution in [3.63, 3.8) is 0 Å². The number of carbonyl (C=O) groups is 2. The van der Waals surface area contributed by atoms with Gasteiger partial charge in [-0.15, -0.1) is 0 Å². The van der Waals surface area contributed by atoms with Crippen molar-refractivity contribution in [2.45, 2.75) is 19.8 Å². The molecule has 1 amide bonds. The van der Waals surface area contributed by atoms with E-state index in [0.717, 1.165) is 18.9 Å². The Bertz CT molecular complexity index is 533. The Morgan fingerprint density at radius 3 is 2.38 bits per heavy atom. The normalized spacial score (nSPS) is 10.4. The number of aromatic carboxylic acids is 1. The summed E-state index contributed by atoms with van der Waals surface area (Å²) < 4.78 is 15.4. The summed E-state index contributed by atoms with van der Waals surface area (Å²) in [6, 6.07) is 3.68. The van der Waals surface area contributed by atoms with E-state index in [1.165, 1.54) is 12.1 Å². The molecule has 0 spiro atoms. The predicted octanol–water partition coefficient (Wildman–Crippen LogP) is 2.47. The van der Waals surface area contributed by atoms with Crippen LogP contribution in [-0.4, -0.2) is 55.3 Å². The first-order valence-corrected chi connectivity index (χ1v) is 7.70. The molecular weight excluding hydrogens is 318 g/mol. The topological polar surface area (TPSA) is 114 Å². The molecule has 1 rings (SSSR count). The summed E-state index contributed by atoms with van der Waals surface area (Å²) in [5, 5.41) is 20.7. The predicted molar refractivity (Wildman–Crippen MR) is 86.6 cm³/mol. The van der Waals surface area contributed by atoms with Crippen molar-refractivity contribution < 1.29 is 34.0 Å². The maximum atomic E-state index is 11.5. The Morgan fingerprint density at radius 2 is 1.75 bits per heavy atom. The molecule has 0 aliphatic heterocycles. The average Bonchev–Trinajstić information content (AvgIpc) is 2.53. The molecule has 0 aromatic heterocycles. The molecular formula is C16H23NO7. The van der Waals surface area contributed by atoms with Crippen molar-refractivity contribution in [3.05, 3.63) is 23.8 Å². The van der Waals surface area contributed by atoms with E-state index < -0.39 is 17.8 Å². The van der Waals surface area contributed by atoms with E-state index in [9.17, 15) is 14.7 Å². The van der Waals surface area contributed by atoms with Crippen LogP contribution in [0.5, 0.6) is 5.75 Å². The monoisotopic (exact) mass is 341 g/mol. The first-order valence-electron chi connectivity index (χ1n) is 7.70. The lowest BCUT2D eigenvalue weighted by atomic mass is 10.2. The van der Waals surface area contributed by atoms with Gasteiger partial charge in [-0.25, -0.2) is 9.59 Å². The van der Waals surface area contributed by atoms with Crippen molar-refractivity contribution in [3.8, 4) is 5.75 Å². The lowest BCUT2D eigenvalue weighted by molar-refractivity contribution is 0.0292. The van der Waals surface area contributed by atoms with Crippen LogP contribution in [0.1, 0.15) is 30.1 Å². The minimum atomic E-state index is -1.25. The fourth-order valence-electron chi connectivity index (χ4n) is 1.71. The molecule has 24 heavy (non-hydrogen) atoms. The molecule has 0 saturated carbocycles. The molecule has 1 aromatic rings. The van der Waals surface area contributed by atoms with Gasteiger partial charge in [0.05, 0.1) is 19.8 Å². The Hall–Kier alpha value is -2.32. The minimum Gasteiger partial charge on any atom is -0.507 e. The molecule has 0 heterocycles. The molecule has 1 aromatic carbocycles. The molecule has 0 saturated heterocycles. The Labute approximate surface area is 140 Å². The fraction of sp³-hybridized carbons (Fsp3) is 0.500. The second kappa shape index (κ2) is 11.3. The average molecular weight is 341 g/mol. The molecule has 0 aliphatic carbocycles. The van der Waals surface area contributed by atoms with Crippen LogP contribution >= 0.6 is 0 Å². The number of carboxylic acid groups (broad SMARTS) is 1. The van der Waals surface area contributed by atoms with Crippen LogP contribution in [0.15, 0.2) is 18.2 Å². The second-order valence-electron chi connectivity index (χ2n) is 4.88. The Kier molecular flexibility index (Phi) is 9.25. The number of ether oxygens (including phenoxy) is 3. The first kappa shape index (κ1) is 19.7. The van der Waals surface area contributed by atoms with Gasteiger partial charge in [-0.05, 0) is 18.6 Å². The van der Waals surface area contributed by atoms with E-state index in [2.05, 4.69) is 12.2 Å². The summed E-state index contributed by atoms with van der Waals surface area (Å²) >= 11 is 0. The molecule has 0 fully saturated rings. The third kappa shape index (κ3) is 7.80. The van der Waals surface area contributed by atoms with Crippen LogP contribution in [0.25, 0.3) is 0 Å². The zero-order valence-electron chi connectivity index (χ0n) is 13.6. The summed E-state index contributed by atoms with van der Waals surface area (Å²) in [5.74, 6) is -1.69. The van der Waals surface area contributed by atoms with E-state index in [1.807, 2.05) is 0 Å². The number of unbranched alkanes of at least 4 members (excludes halogenated alkanes) is 1. The number of carboxylic acids is 1. The largest absolute Gasteiger partial charge is 0.507 e. The molecule has 0 aliphatic rings. The SMILES string of the molecule is CCCCOCCOCCOC(=O)Nc1ccc(C(=O)O)c(O)c1. The Morgan fingerprint density at radius 1 is 1.08 bits per heavy atom. The van der Waals surface area contributed by atoms with Gasteiger partial charge in [0.2, 0.25) is 0 Å². The number of rotatable bonds is 11. The number of benzene rings is 1. The van der Waals surface area contributed by atoms with Gasteiger partial charge in [-0.2, -0.15) is 0 Å². The molecule has 0 bridgehead atoms. The van der Waals surface area contributed by atoms with Gasteiger partial charge in [-0.3, -0.25) is 5.32 Å². The van der Waals surface area contributed by atoms with E-state index in [1.54, 1.807) is 0 Å². The van der Waals surface area contributed by atoms with Crippen LogP contribution in [0.2, 0.25) is 0 Å². The van der Waals surface area contributed by atoms with Crippen molar-refractivity contribution in [2.24, 2.45) is 0 Å². The van der Waals surface area contributed by atoms with Gasteiger partial charge in [0, 0.05) is 18.4 Å². The van der Waals surface area contributed by atoms with Crippen LogP contribution < -0.4 is 5.32 Å². The van der Waals surface area contributed by atoms with Gasteiger partial charge in [0.15, 0.2) is 0 Å². The highest BCUT2D eigenvalue weighted by atomic mass is 16.6. The van der Waals surface area contributed by atoms with Crippen LogP contribution in [-0.2, 0) is 14.2 Å². The summed E-state index contributed by atoms with van der Waals surface area (Å²) in [5.41, 5.74) is -0.0174. The minimum absolute atomic E-state index is 0.0694. The van der Waals surface area contributed by atoms with Gasteiger partial charge >= 0.3 is 12.1 Å². The van der Waals surface area contributed by atoms with E-state index in [0.29, 0.717) is 19.8 Å². The second-order valence-corrected chi connectivity index (χ2v) is 4.88. The van der Waals surface area contributed by atoms with Gasteiger partial charge < -0.3 is 24.4 Å². The van der Waals surface area contributed by atoms with E-state index >= 15 is 0 Å². The fourth-order valence-corrected chi connectivity index (χ4v) is 1.71. The van der Waals surface area contributed by atoms with Crippen molar-refractivity contribution >= 4 is 17.7 Å². The highest BCUT2D eigenvalue weighted by Gasteiger charge is 2.11. The maximum Gasteiger partial charge on any atom is 0.411 e. The van der Waals surface area contributed by atoms with Crippen molar-refractivity contribution in [1.29, 1.82) is 0 Å². The number of aromatic hydroxyl groups is 1. The van der Waals surface area contributed by atoms with E-state index in [-0.39, 0.29) is 24.5 Å². The number of hydrogen-bond donors (Lipinski definition) is 3. The summed E-state index contributed by atoms with van der Waals surface area (Å²) in [4.78, 5) is 22.3. The van der Waals surface area contributed by atoms with Crippen molar-refractivity contribution in [2.75, 3.05) is 38.4 Å². The zero-order chi connectivity index (χ0) is 17.8. The number of anilines is 1. The number of hydrogen-bond acceptors (Lipinski definition) is 6. The smallest absolute Gasteiger partial charge is 0.411 e. The van der Waals surface area contributed by atoms with Gasteiger partial charge in [0.25, 0.3) is 0 Å². The highest BCUT2D eigenvalue weighted by molar-refractivity contribution is 5.92. The number of carbonyl (C=O) groups excluding carboxylic acids is 1. The number of nitrogens with one attached hydrogen (secondary N) is 1. The van der Waals surface area contributed by atoms with Crippen molar-refractivity contribution in [1.82, 2.24) is 0 Å². The quantitative estimate of drug-likeness (QED) is 0.530. The standard InChI is InChI=1S/C16H23NO7/c1-2-3-6-22-7-8-23-9-10-24-16(21)17-12-4-5-13(15(19)20)14(18)11-12/h4-5,11,18H,2-3,6-10H2,1H3,(H,17,21)(H,19,20). The number of amides is 1. The molecule has 134 valence electrons. The Balaban J connectivity index is 2.16. The third-order valence-corrected chi connectivity index (χ3v) is 2.95. The lowest BCUT2D eigenvalue weighted by Gasteiger charge is -2.09. The van der Waals surface area contributed by atoms with Gasteiger partial charge in [-0.1, -0.05) is 13.3 Å². The molecule has 0 radical (unpaired) electrons. The number of phenols is 1. The van der Waals surface area contributed by atoms with Crippen LogP contribution in [0.3, 0.4) is 0 Å². The van der Waals surface area contributed by atoms with E-state index in [4.69, 9.17) is 19.3 Å². The highest BCUT2D eigenvalue weighted by Crippen LogP contribution is 2.21. The zero-order valence-corrected chi connectivity index (χ0v) is 13.6.